The van der Waals surface area contributed by atoms with Gasteiger partial charge in [0.1, 0.15) is 10.9 Å². The third kappa shape index (κ3) is 2.26. The maximum atomic E-state index is 5.75. The molecule has 2 N–H and O–H groups in total. The molecule has 2 heterocycles. The predicted octanol–water partition coefficient (Wildman–Crippen LogP) is 2.41. The molecule has 0 spiro atoms. The van der Waals surface area contributed by atoms with Crippen LogP contribution in [0, 0.1) is 6.92 Å². The van der Waals surface area contributed by atoms with Crippen molar-refractivity contribution in [1.29, 1.82) is 0 Å². The third-order valence-corrected chi connectivity index (χ3v) is 3.91. The summed E-state index contributed by atoms with van der Waals surface area (Å²) in [5.74, 6) is 0.885. The second-order valence-electron chi connectivity index (χ2n) is 4.29. The van der Waals surface area contributed by atoms with Crippen LogP contribution in [-0.2, 0) is 7.05 Å². The fourth-order valence-electron chi connectivity index (χ4n) is 1.75. The Balaban J connectivity index is 1.97. The topological polar surface area (TPSA) is 69.6 Å². The summed E-state index contributed by atoms with van der Waals surface area (Å²) in [6, 6.07) is 9.69. The Labute approximate surface area is 114 Å². The van der Waals surface area contributed by atoms with Crippen molar-refractivity contribution in [3.8, 4) is 0 Å². The fourth-order valence-corrected chi connectivity index (χ4v) is 2.57. The molecule has 3 rings (SSSR count). The van der Waals surface area contributed by atoms with Gasteiger partial charge in [-0.2, -0.15) is 0 Å². The number of hydrogen-bond acceptors (Lipinski definition) is 5. The molecule has 0 amide bonds. The van der Waals surface area contributed by atoms with E-state index in [0.717, 1.165) is 32.6 Å². The minimum atomic E-state index is 0.749. The molecule has 2 aromatic heterocycles. The van der Waals surface area contributed by atoms with E-state index in [4.69, 9.17) is 5.73 Å². The molecule has 5 nitrogen and oxygen atoms in total. The standard InChI is InChI=1S/C13H13N5S/c1-8-16-17-13(18(8)2)19-12-6-3-9-7-10(14)4-5-11(9)15-12/h3-7H,14H2,1-2H3. The molecule has 96 valence electrons. The SMILES string of the molecule is Cc1nnc(Sc2ccc3cc(N)ccc3n2)n1C. The lowest BCUT2D eigenvalue weighted by Crippen LogP contribution is -1.94. The van der Waals surface area contributed by atoms with Gasteiger partial charge < -0.3 is 10.3 Å². The summed E-state index contributed by atoms with van der Waals surface area (Å²) in [7, 11) is 1.94. The summed E-state index contributed by atoms with van der Waals surface area (Å²) in [5.41, 5.74) is 7.43. The van der Waals surface area contributed by atoms with Gasteiger partial charge >= 0.3 is 0 Å². The zero-order valence-corrected chi connectivity index (χ0v) is 11.5. The van der Waals surface area contributed by atoms with Crippen molar-refractivity contribution < 1.29 is 0 Å². The average molecular weight is 271 g/mol. The molecule has 0 radical (unpaired) electrons. The second-order valence-corrected chi connectivity index (χ2v) is 5.28. The molecule has 19 heavy (non-hydrogen) atoms. The van der Waals surface area contributed by atoms with E-state index in [0.29, 0.717) is 0 Å². The smallest absolute Gasteiger partial charge is 0.197 e. The second kappa shape index (κ2) is 4.55. The van der Waals surface area contributed by atoms with E-state index in [1.807, 2.05) is 48.9 Å². The van der Waals surface area contributed by atoms with Crippen molar-refractivity contribution in [2.24, 2.45) is 7.05 Å². The van der Waals surface area contributed by atoms with Gasteiger partial charge in [-0.25, -0.2) is 4.98 Å². The number of anilines is 1. The summed E-state index contributed by atoms with van der Waals surface area (Å²) < 4.78 is 1.94. The Bertz CT molecular complexity index is 750. The largest absolute Gasteiger partial charge is 0.399 e. The maximum absolute atomic E-state index is 5.75. The summed E-state index contributed by atoms with van der Waals surface area (Å²) >= 11 is 1.50. The number of aromatic nitrogens is 4. The minimum Gasteiger partial charge on any atom is -0.399 e. The van der Waals surface area contributed by atoms with E-state index in [1.165, 1.54) is 11.8 Å². The number of rotatable bonds is 2. The van der Waals surface area contributed by atoms with E-state index in [9.17, 15) is 0 Å². The molecular formula is C13H13N5S. The first kappa shape index (κ1) is 12.0. The van der Waals surface area contributed by atoms with Gasteiger partial charge in [-0.15, -0.1) is 10.2 Å². The van der Waals surface area contributed by atoms with Crippen LogP contribution in [0.25, 0.3) is 10.9 Å². The van der Waals surface area contributed by atoms with Crippen LogP contribution in [-0.4, -0.2) is 19.7 Å². The minimum absolute atomic E-state index is 0.749. The van der Waals surface area contributed by atoms with Crippen molar-refractivity contribution in [3.63, 3.8) is 0 Å². The van der Waals surface area contributed by atoms with E-state index in [-0.39, 0.29) is 0 Å². The van der Waals surface area contributed by atoms with Crippen LogP contribution >= 0.6 is 11.8 Å². The van der Waals surface area contributed by atoms with Crippen molar-refractivity contribution in [3.05, 3.63) is 36.2 Å². The van der Waals surface area contributed by atoms with Gasteiger partial charge in [0.15, 0.2) is 5.16 Å². The normalized spacial score (nSPS) is 11.1. The number of hydrogen-bond donors (Lipinski definition) is 1. The monoisotopic (exact) mass is 271 g/mol. The molecule has 0 atom stereocenters. The van der Waals surface area contributed by atoms with Crippen LogP contribution in [0.15, 0.2) is 40.5 Å². The van der Waals surface area contributed by atoms with Crippen LogP contribution in [0.5, 0.6) is 0 Å². The van der Waals surface area contributed by atoms with Crippen LogP contribution in [0.3, 0.4) is 0 Å². The van der Waals surface area contributed by atoms with Crippen LogP contribution in [0.2, 0.25) is 0 Å². The molecule has 0 bridgehead atoms. The molecule has 0 fully saturated rings. The highest BCUT2D eigenvalue weighted by Gasteiger charge is 2.08. The number of fused-ring (bicyclic) bond motifs is 1. The van der Waals surface area contributed by atoms with E-state index < -0.39 is 0 Å². The van der Waals surface area contributed by atoms with Gasteiger partial charge in [-0.05, 0) is 43.0 Å². The van der Waals surface area contributed by atoms with Gasteiger partial charge in [-0.1, -0.05) is 6.07 Å². The van der Waals surface area contributed by atoms with Crippen molar-refractivity contribution in [2.75, 3.05) is 5.73 Å². The number of pyridine rings is 1. The first-order chi connectivity index (χ1) is 9.13. The Morgan fingerprint density at radius 2 is 2.00 bits per heavy atom. The van der Waals surface area contributed by atoms with Gasteiger partial charge in [-0.3, -0.25) is 0 Å². The summed E-state index contributed by atoms with van der Waals surface area (Å²) in [6.45, 7) is 1.92. The first-order valence-electron chi connectivity index (χ1n) is 5.83. The van der Waals surface area contributed by atoms with E-state index in [2.05, 4.69) is 15.2 Å². The molecule has 1 aromatic carbocycles. The molecular weight excluding hydrogens is 258 g/mol. The molecule has 6 heteroatoms. The lowest BCUT2D eigenvalue weighted by molar-refractivity contribution is 0.765. The fraction of sp³-hybridized carbons (Fsp3) is 0.154. The maximum Gasteiger partial charge on any atom is 0.197 e. The number of aryl methyl sites for hydroxylation is 1. The van der Waals surface area contributed by atoms with Gasteiger partial charge in [0.05, 0.1) is 5.52 Å². The van der Waals surface area contributed by atoms with Crippen molar-refractivity contribution in [2.45, 2.75) is 17.1 Å². The highest BCUT2D eigenvalue weighted by molar-refractivity contribution is 7.99. The lowest BCUT2D eigenvalue weighted by atomic mass is 10.2. The van der Waals surface area contributed by atoms with Crippen molar-refractivity contribution >= 4 is 28.4 Å². The first-order valence-corrected chi connectivity index (χ1v) is 6.65. The number of benzene rings is 1. The van der Waals surface area contributed by atoms with E-state index >= 15 is 0 Å². The van der Waals surface area contributed by atoms with Crippen LogP contribution in [0.4, 0.5) is 5.69 Å². The molecule has 0 saturated carbocycles. The Kier molecular flexibility index (Phi) is 2.87. The molecule has 0 aliphatic carbocycles. The Hall–Kier alpha value is -2.08. The highest BCUT2D eigenvalue weighted by atomic mass is 32.2. The summed E-state index contributed by atoms with van der Waals surface area (Å²) in [6.07, 6.45) is 0. The Morgan fingerprint density at radius 3 is 2.74 bits per heavy atom. The van der Waals surface area contributed by atoms with E-state index in [1.54, 1.807) is 0 Å². The zero-order valence-electron chi connectivity index (χ0n) is 10.7. The number of nitrogens with two attached hydrogens (primary N) is 1. The van der Waals surface area contributed by atoms with Crippen LogP contribution in [0.1, 0.15) is 5.82 Å². The highest BCUT2D eigenvalue weighted by Crippen LogP contribution is 2.26. The number of nitrogen functional groups attached to an aromatic ring is 1. The zero-order chi connectivity index (χ0) is 13.4. The molecule has 3 aromatic rings. The average Bonchev–Trinajstić information content (AvgIpc) is 2.71. The lowest BCUT2D eigenvalue weighted by Gasteiger charge is -2.03. The molecule has 0 unspecified atom stereocenters. The summed E-state index contributed by atoms with van der Waals surface area (Å²) in [5, 5.41) is 10.9. The van der Waals surface area contributed by atoms with Crippen molar-refractivity contribution in [1.82, 2.24) is 19.7 Å². The Morgan fingerprint density at radius 1 is 1.16 bits per heavy atom. The van der Waals surface area contributed by atoms with Crippen LogP contribution < -0.4 is 5.73 Å². The number of nitrogens with zero attached hydrogens (tertiary/aromatic N) is 4. The molecule has 0 aliphatic rings. The van der Waals surface area contributed by atoms with Gasteiger partial charge in [0.25, 0.3) is 0 Å². The van der Waals surface area contributed by atoms with Gasteiger partial charge in [0.2, 0.25) is 0 Å². The quantitative estimate of drug-likeness (QED) is 0.725. The summed E-state index contributed by atoms with van der Waals surface area (Å²) in [4.78, 5) is 4.59. The van der Waals surface area contributed by atoms with Gasteiger partial charge in [0, 0.05) is 18.1 Å². The third-order valence-electron chi connectivity index (χ3n) is 2.94. The predicted molar refractivity (Wildman–Crippen MR) is 76.0 cm³/mol. The molecule has 0 aliphatic heterocycles. The molecule has 0 saturated heterocycles.